The highest BCUT2D eigenvalue weighted by Crippen LogP contribution is 2.17. The molecule has 0 saturated carbocycles. The number of nitrogens with zero attached hydrogens (tertiary/aromatic N) is 2. The molecule has 0 spiro atoms. The molecule has 0 aliphatic heterocycles. The SMILES string of the molecule is Cc1cccc(-c2ncc(OCC(C)O)cn2)c1. The van der Waals surface area contributed by atoms with Crippen molar-refractivity contribution in [3.05, 3.63) is 42.2 Å². The third kappa shape index (κ3) is 3.28. The summed E-state index contributed by atoms with van der Waals surface area (Å²) in [7, 11) is 0. The Hall–Kier alpha value is -1.94. The Morgan fingerprint density at radius 2 is 2.00 bits per heavy atom. The van der Waals surface area contributed by atoms with E-state index in [1.54, 1.807) is 19.3 Å². The monoisotopic (exact) mass is 244 g/mol. The predicted molar refractivity (Wildman–Crippen MR) is 69.4 cm³/mol. The van der Waals surface area contributed by atoms with Gasteiger partial charge in [-0.05, 0) is 19.9 Å². The molecule has 1 aromatic heterocycles. The van der Waals surface area contributed by atoms with Gasteiger partial charge in [-0.25, -0.2) is 9.97 Å². The summed E-state index contributed by atoms with van der Waals surface area (Å²) >= 11 is 0. The number of aliphatic hydroxyl groups is 1. The number of aryl methyl sites for hydroxylation is 1. The maximum absolute atomic E-state index is 9.11. The summed E-state index contributed by atoms with van der Waals surface area (Å²) in [5, 5.41) is 9.11. The fourth-order valence-electron chi connectivity index (χ4n) is 1.54. The molecule has 2 aromatic rings. The van der Waals surface area contributed by atoms with Crippen LogP contribution in [0.25, 0.3) is 11.4 Å². The molecule has 0 saturated heterocycles. The summed E-state index contributed by atoms with van der Waals surface area (Å²) in [5.74, 6) is 1.23. The van der Waals surface area contributed by atoms with Crippen LogP contribution in [0.4, 0.5) is 0 Å². The van der Waals surface area contributed by atoms with E-state index in [1.165, 1.54) is 5.56 Å². The first-order valence-electron chi connectivity index (χ1n) is 5.85. The lowest BCUT2D eigenvalue weighted by atomic mass is 10.1. The number of hydrogen-bond donors (Lipinski definition) is 1. The van der Waals surface area contributed by atoms with Gasteiger partial charge in [0.25, 0.3) is 0 Å². The predicted octanol–water partition coefficient (Wildman–Crippen LogP) is 2.21. The van der Waals surface area contributed by atoms with Crippen LogP contribution < -0.4 is 4.74 Å². The lowest BCUT2D eigenvalue weighted by molar-refractivity contribution is 0.122. The first-order valence-corrected chi connectivity index (χ1v) is 5.85. The van der Waals surface area contributed by atoms with Gasteiger partial charge >= 0.3 is 0 Å². The van der Waals surface area contributed by atoms with Crippen molar-refractivity contribution in [1.82, 2.24) is 9.97 Å². The van der Waals surface area contributed by atoms with Crippen molar-refractivity contribution in [2.75, 3.05) is 6.61 Å². The Bertz CT molecular complexity index is 509. The number of aliphatic hydroxyl groups excluding tert-OH is 1. The molecule has 1 N–H and O–H groups in total. The lowest BCUT2D eigenvalue weighted by Crippen LogP contribution is -2.13. The molecule has 0 amide bonds. The second-order valence-corrected chi connectivity index (χ2v) is 4.27. The largest absolute Gasteiger partial charge is 0.488 e. The molecule has 18 heavy (non-hydrogen) atoms. The van der Waals surface area contributed by atoms with E-state index in [0.717, 1.165) is 5.56 Å². The van der Waals surface area contributed by atoms with Crippen LogP contribution in [0.5, 0.6) is 5.75 Å². The zero-order valence-electron chi connectivity index (χ0n) is 10.5. The summed E-state index contributed by atoms with van der Waals surface area (Å²) in [6.07, 6.45) is 2.74. The maximum Gasteiger partial charge on any atom is 0.159 e. The lowest BCUT2D eigenvalue weighted by Gasteiger charge is -2.07. The molecule has 2 rings (SSSR count). The van der Waals surface area contributed by atoms with Crippen LogP contribution in [0.15, 0.2) is 36.7 Å². The molecule has 0 bridgehead atoms. The fourth-order valence-corrected chi connectivity index (χ4v) is 1.54. The van der Waals surface area contributed by atoms with E-state index in [4.69, 9.17) is 9.84 Å². The molecule has 1 heterocycles. The normalized spacial score (nSPS) is 12.2. The van der Waals surface area contributed by atoms with E-state index in [2.05, 4.69) is 9.97 Å². The Morgan fingerprint density at radius 3 is 2.61 bits per heavy atom. The van der Waals surface area contributed by atoms with Crippen LogP contribution in [-0.4, -0.2) is 27.8 Å². The third-order valence-electron chi connectivity index (χ3n) is 2.40. The Labute approximate surface area is 106 Å². The van der Waals surface area contributed by atoms with E-state index in [-0.39, 0.29) is 6.61 Å². The molecule has 4 nitrogen and oxygen atoms in total. The van der Waals surface area contributed by atoms with Crippen molar-refractivity contribution in [1.29, 1.82) is 0 Å². The molecule has 0 aliphatic rings. The summed E-state index contributed by atoms with van der Waals surface area (Å²) < 4.78 is 5.31. The summed E-state index contributed by atoms with van der Waals surface area (Å²) in [5.41, 5.74) is 2.16. The van der Waals surface area contributed by atoms with Crippen molar-refractivity contribution in [2.24, 2.45) is 0 Å². The van der Waals surface area contributed by atoms with Crippen molar-refractivity contribution < 1.29 is 9.84 Å². The van der Waals surface area contributed by atoms with Crippen LogP contribution in [0.1, 0.15) is 12.5 Å². The van der Waals surface area contributed by atoms with Crippen molar-refractivity contribution >= 4 is 0 Å². The highest BCUT2D eigenvalue weighted by atomic mass is 16.5. The van der Waals surface area contributed by atoms with Gasteiger partial charge in [-0.1, -0.05) is 23.8 Å². The average Bonchev–Trinajstić information content (AvgIpc) is 2.37. The minimum Gasteiger partial charge on any atom is -0.488 e. The van der Waals surface area contributed by atoms with E-state index in [9.17, 15) is 0 Å². The topological polar surface area (TPSA) is 55.2 Å². The van der Waals surface area contributed by atoms with Crippen LogP contribution in [0, 0.1) is 6.92 Å². The molecule has 1 atom stereocenters. The highest BCUT2D eigenvalue weighted by Gasteiger charge is 2.03. The maximum atomic E-state index is 9.11. The average molecular weight is 244 g/mol. The molecule has 94 valence electrons. The van der Waals surface area contributed by atoms with Gasteiger partial charge in [-0.3, -0.25) is 0 Å². The van der Waals surface area contributed by atoms with Gasteiger partial charge in [0.2, 0.25) is 0 Å². The van der Waals surface area contributed by atoms with Crippen molar-refractivity contribution in [3.63, 3.8) is 0 Å². The van der Waals surface area contributed by atoms with Gasteiger partial charge in [-0.15, -0.1) is 0 Å². The Morgan fingerprint density at radius 1 is 1.28 bits per heavy atom. The van der Waals surface area contributed by atoms with Crippen molar-refractivity contribution in [2.45, 2.75) is 20.0 Å². The standard InChI is InChI=1S/C14H16N2O2/c1-10-4-3-5-12(6-10)14-15-7-13(8-16-14)18-9-11(2)17/h3-8,11,17H,9H2,1-2H3. The first-order chi connectivity index (χ1) is 8.65. The number of rotatable bonds is 4. The van der Waals surface area contributed by atoms with Gasteiger partial charge in [0.15, 0.2) is 11.6 Å². The van der Waals surface area contributed by atoms with Crippen molar-refractivity contribution in [3.8, 4) is 17.1 Å². The van der Waals surface area contributed by atoms with Gasteiger partial charge in [0.05, 0.1) is 18.5 Å². The molecular formula is C14H16N2O2. The summed E-state index contributed by atoms with van der Waals surface area (Å²) in [6.45, 7) is 3.94. The zero-order chi connectivity index (χ0) is 13.0. The molecule has 0 aliphatic carbocycles. The number of benzene rings is 1. The Balaban J connectivity index is 2.12. The molecule has 4 heteroatoms. The van der Waals surface area contributed by atoms with Crippen LogP contribution in [0.3, 0.4) is 0 Å². The minimum atomic E-state index is -0.499. The fraction of sp³-hybridized carbons (Fsp3) is 0.286. The number of hydrogen-bond acceptors (Lipinski definition) is 4. The molecule has 0 fully saturated rings. The highest BCUT2D eigenvalue weighted by molar-refractivity contribution is 5.55. The van der Waals surface area contributed by atoms with Crippen LogP contribution in [-0.2, 0) is 0 Å². The molecule has 1 unspecified atom stereocenters. The van der Waals surface area contributed by atoms with Crippen LogP contribution >= 0.6 is 0 Å². The number of aromatic nitrogens is 2. The van der Waals surface area contributed by atoms with Gasteiger partial charge in [0, 0.05) is 5.56 Å². The third-order valence-corrected chi connectivity index (χ3v) is 2.40. The number of ether oxygens (including phenoxy) is 1. The molecular weight excluding hydrogens is 228 g/mol. The smallest absolute Gasteiger partial charge is 0.159 e. The first kappa shape index (κ1) is 12.5. The minimum absolute atomic E-state index is 0.243. The second kappa shape index (κ2) is 5.60. The van der Waals surface area contributed by atoms with Gasteiger partial charge < -0.3 is 9.84 Å². The van der Waals surface area contributed by atoms with E-state index < -0.39 is 6.10 Å². The summed E-state index contributed by atoms with van der Waals surface area (Å²) in [6, 6.07) is 8.01. The van der Waals surface area contributed by atoms with E-state index >= 15 is 0 Å². The van der Waals surface area contributed by atoms with Gasteiger partial charge in [-0.2, -0.15) is 0 Å². The molecule has 1 aromatic carbocycles. The molecule has 0 radical (unpaired) electrons. The summed E-state index contributed by atoms with van der Waals surface area (Å²) in [4.78, 5) is 8.50. The second-order valence-electron chi connectivity index (χ2n) is 4.27. The quantitative estimate of drug-likeness (QED) is 0.896. The zero-order valence-corrected chi connectivity index (χ0v) is 10.5. The van der Waals surface area contributed by atoms with E-state index in [1.807, 2.05) is 31.2 Å². The van der Waals surface area contributed by atoms with Crippen LogP contribution in [0.2, 0.25) is 0 Å². The Kier molecular flexibility index (Phi) is 3.89. The van der Waals surface area contributed by atoms with E-state index in [0.29, 0.717) is 11.6 Å². The van der Waals surface area contributed by atoms with Gasteiger partial charge in [0.1, 0.15) is 6.61 Å².